The molecule has 6 heteroatoms. The van der Waals surface area contributed by atoms with Gasteiger partial charge in [-0.25, -0.2) is 0 Å². The summed E-state index contributed by atoms with van der Waals surface area (Å²) in [4.78, 5) is 20.1. The van der Waals surface area contributed by atoms with Crippen LogP contribution in [0, 0.1) is 0 Å². The molecule has 1 atom stereocenters. The van der Waals surface area contributed by atoms with Crippen molar-refractivity contribution >= 4 is 11.9 Å². The Hall–Kier alpha value is -2.89. The number of aryl methyl sites for hydroxylation is 1. The molecule has 1 aromatic carbocycles. The van der Waals surface area contributed by atoms with E-state index in [0.29, 0.717) is 24.7 Å². The number of nitrogens with zero attached hydrogens (tertiary/aromatic N) is 2. The van der Waals surface area contributed by atoms with Crippen LogP contribution in [0.25, 0.3) is 0 Å². The smallest absolute Gasteiger partial charge is 0.252 e. The van der Waals surface area contributed by atoms with Gasteiger partial charge in [-0.15, -0.1) is 0 Å². The summed E-state index contributed by atoms with van der Waals surface area (Å²) in [7, 11) is 1.74. The Morgan fingerprint density at radius 3 is 2.58 bits per heavy atom. The highest BCUT2D eigenvalue weighted by atomic mass is 16.1. The lowest BCUT2D eigenvalue weighted by atomic mass is 10.1. The van der Waals surface area contributed by atoms with Gasteiger partial charge in [0.2, 0.25) is 0 Å². The lowest BCUT2D eigenvalue weighted by Gasteiger charge is -2.18. The van der Waals surface area contributed by atoms with Gasteiger partial charge < -0.3 is 16.0 Å². The first-order chi connectivity index (χ1) is 12.7. The number of carbonyl (C=O) groups is 1. The van der Waals surface area contributed by atoms with Crippen LogP contribution in [0.15, 0.2) is 59.9 Å². The fraction of sp³-hybridized carbons (Fsp3) is 0.350. The van der Waals surface area contributed by atoms with E-state index in [0.717, 1.165) is 18.8 Å². The maximum Gasteiger partial charge on any atom is 0.252 e. The molecule has 26 heavy (non-hydrogen) atoms. The van der Waals surface area contributed by atoms with Gasteiger partial charge in [0.1, 0.15) is 0 Å². The summed E-state index contributed by atoms with van der Waals surface area (Å²) >= 11 is 0. The molecule has 6 nitrogen and oxygen atoms in total. The van der Waals surface area contributed by atoms with E-state index >= 15 is 0 Å². The predicted octanol–water partition coefficient (Wildman–Crippen LogP) is 2.00. The Bertz CT molecular complexity index is 688. The standard InChI is InChI=1S/C20H27N5O/c1-16(10-11-17-7-4-3-5-8-17)25-20(21-2)24-14-13-23-19(26)18-9-6-12-22-15-18/h3-9,12,15-16H,10-11,13-14H2,1-2H3,(H,23,26)(H2,21,24,25). The first-order valence-electron chi connectivity index (χ1n) is 8.88. The summed E-state index contributed by atoms with van der Waals surface area (Å²) in [6.07, 6.45) is 5.24. The molecule has 3 N–H and O–H groups in total. The molecule has 0 aliphatic rings. The molecule has 1 unspecified atom stereocenters. The van der Waals surface area contributed by atoms with E-state index in [4.69, 9.17) is 0 Å². The van der Waals surface area contributed by atoms with Crippen LogP contribution in [-0.4, -0.2) is 43.0 Å². The number of benzene rings is 1. The molecule has 1 aromatic heterocycles. The van der Waals surface area contributed by atoms with Crippen LogP contribution in [0.3, 0.4) is 0 Å². The Morgan fingerprint density at radius 1 is 1.12 bits per heavy atom. The van der Waals surface area contributed by atoms with Crippen molar-refractivity contribution in [2.75, 3.05) is 20.1 Å². The number of nitrogens with one attached hydrogen (secondary N) is 3. The van der Waals surface area contributed by atoms with Crippen molar-refractivity contribution in [1.82, 2.24) is 20.9 Å². The number of rotatable bonds is 8. The molecule has 0 bridgehead atoms. The lowest BCUT2D eigenvalue weighted by molar-refractivity contribution is 0.0954. The molecule has 0 fully saturated rings. The summed E-state index contributed by atoms with van der Waals surface area (Å²) in [5, 5.41) is 9.44. The largest absolute Gasteiger partial charge is 0.355 e. The van der Waals surface area contributed by atoms with Crippen molar-refractivity contribution in [3.63, 3.8) is 0 Å². The maximum atomic E-state index is 11.9. The van der Waals surface area contributed by atoms with Gasteiger partial charge in [0.25, 0.3) is 5.91 Å². The van der Waals surface area contributed by atoms with Gasteiger partial charge in [-0.1, -0.05) is 30.3 Å². The van der Waals surface area contributed by atoms with Crippen LogP contribution >= 0.6 is 0 Å². The van der Waals surface area contributed by atoms with E-state index in [1.54, 1.807) is 31.6 Å². The summed E-state index contributed by atoms with van der Waals surface area (Å²) in [6.45, 7) is 3.24. The molecule has 1 amide bonds. The fourth-order valence-corrected chi connectivity index (χ4v) is 2.48. The topological polar surface area (TPSA) is 78.4 Å². The van der Waals surface area contributed by atoms with E-state index in [1.807, 2.05) is 6.07 Å². The van der Waals surface area contributed by atoms with Gasteiger partial charge in [-0.05, 0) is 37.5 Å². The normalized spacial score (nSPS) is 12.3. The average Bonchev–Trinajstić information content (AvgIpc) is 2.70. The van der Waals surface area contributed by atoms with Gasteiger partial charge in [0.05, 0.1) is 5.56 Å². The zero-order chi connectivity index (χ0) is 18.6. The van der Waals surface area contributed by atoms with E-state index < -0.39 is 0 Å². The van der Waals surface area contributed by atoms with Gasteiger partial charge in [-0.2, -0.15) is 0 Å². The van der Waals surface area contributed by atoms with Crippen LogP contribution in [0.4, 0.5) is 0 Å². The summed E-state index contributed by atoms with van der Waals surface area (Å²) in [6, 6.07) is 14.2. The molecule has 1 heterocycles. The van der Waals surface area contributed by atoms with Crippen molar-refractivity contribution in [3.8, 4) is 0 Å². The molecule has 0 aliphatic carbocycles. The molecule has 138 valence electrons. The third-order valence-corrected chi connectivity index (χ3v) is 3.94. The molecule has 2 aromatic rings. The maximum absolute atomic E-state index is 11.9. The lowest BCUT2D eigenvalue weighted by Crippen LogP contribution is -2.45. The van der Waals surface area contributed by atoms with Crippen molar-refractivity contribution in [1.29, 1.82) is 0 Å². The zero-order valence-corrected chi connectivity index (χ0v) is 15.4. The van der Waals surface area contributed by atoms with Crippen molar-refractivity contribution < 1.29 is 4.79 Å². The average molecular weight is 353 g/mol. The summed E-state index contributed by atoms with van der Waals surface area (Å²) in [5.74, 6) is 0.611. The van der Waals surface area contributed by atoms with Gasteiger partial charge in [-0.3, -0.25) is 14.8 Å². The monoisotopic (exact) mass is 353 g/mol. The van der Waals surface area contributed by atoms with Crippen molar-refractivity contribution in [2.45, 2.75) is 25.8 Å². The molecule has 0 saturated carbocycles. The molecule has 0 saturated heterocycles. The van der Waals surface area contributed by atoms with Crippen molar-refractivity contribution in [3.05, 3.63) is 66.0 Å². The molecule has 0 radical (unpaired) electrons. The van der Waals surface area contributed by atoms with Crippen LogP contribution in [0.1, 0.15) is 29.3 Å². The van der Waals surface area contributed by atoms with E-state index in [2.05, 4.69) is 57.1 Å². The van der Waals surface area contributed by atoms with Crippen LogP contribution in [0.5, 0.6) is 0 Å². The van der Waals surface area contributed by atoms with Crippen LogP contribution in [-0.2, 0) is 6.42 Å². The van der Waals surface area contributed by atoms with Crippen molar-refractivity contribution in [2.24, 2.45) is 4.99 Å². The molecule has 2 rings (SSSR count). The number of pyridine rings is 1. The van der Waals surface area contributed by atoms with Gasteiger partial charge >= 0.3 is 0 Å². The fourth-order valence-electron chi connectivity index (χ4n) is 2.48. The number of hydrogen-bond donors (Lipinski definition) is 3. The Morgan fingerprint density at radius 2 is 1.88 bits per heavy atom. The van der Waals surface area contributed by atoms with Gasteiger partial charge in [0.15, 0.2) is 5.96 Å². The second-order valence-electron chi connectivity index (χ2n) is 6.07. The second-order valence-corrected chi connectivity index (χ2v) is 6.07. The quantitative estimate of drug-likeness (QED) is 0.385. The zero-order valence-electron chi connectivity index (χ0n) is 15.4. The van der Waals surface area contributed by atoms with E-state index in [1.165, 1.54) is 5.56 Å². The predicted molar refractivity (Wildman–Crippen MR) is 105 cm³/mol. The second kappa shape index (κ2) is 10.9. The molecule has 0 spiro atoms. The number of carbonyl (C=O) groups excluding carboxylic acids is 1. The first-order valence-corrected chi connectivity index (χ1v) is 8.88. The SMILES string of the molecule is CN=C(NCCNC(=O)c1cccnc1)NC(C)CCc1ccccc1. The first kappa shape index (κ1) is 19.4. The molecule has 0 aliphatic heterocycles. The minimum Gasteiger partial charge on any atom is -0.355 e. The van der Waals surface area contributed by atoms with Crippen LogP contribution < -0.4 is 16.0 Å². The highest BCUT2D eigenvalue weighted by molar-refractivity contribution is 5.93. The highest BCUT2D eigenvalue weighted by Gasteiger charge is 2.07. The number of hydrogen-bond acceptors (Lipinski definition) is 3. The minimum atomic E-state index is -0.126. The Balaban J connectivity index is 1.65. The third kappa shape index (κ3) is 6.93. The van der Waals surface area contributed by atoms with E-state index in [-0.39, 0.29) is 5.91 Å². The summed E-state index contributed by atoms with van der Waals surface area (Å²) < 4.78 is 0. The Labute approximate surface area is 155 Å². The third-order valence-electron chi connectivity index (χ3n) is 3.94. The molecular formula is C20H27N5O. The number of aromatic nitrogens is 1. The minimum absolute atomic E-state index is 0.126. The number of aliphatic imine (C=N–C) groups is 1. The molecular weight excluding hydrogens is 326 g/mol. The number of amides is 1. The van der Waals surface area contributed by atoms with Crippen LogP contribution in [0.2, 0.25) is 0 Å². The highest BCUT2D eigenvalue weighted by Crippen LogP contribution is 2.04. The van der Waals surface area contributed by atoms with E-state index in [9.17, 15) is 4.79 Å². The number of guanidine groups is 1. The van der Waals surface area contributed by atoms with Gasteiger partial charge in [0, 0.05) is 38.6 Å². The Kier molecular flexibility index (Phi) is 8.12. The summed E-state index contributed by atoms with van der Waals surface area (Å²) in [5.41, 5.74) is 1.90.